The molecule has 0 saturated heterocycles. The van der Waals surface area contributed by atoms with Gasteiger partial charge in [0.2, 0.25) is 0 Å². The Hall–Kier alpha value is -3.34. The van der Waals surface area contributed by atoms with Gasteiger partial charge in [0.25, 0.3) is 15.9 Å². The van der Waals surface area contributed by atoms with Gasteiger partial charge in [-0.1, -0.05) is 29.8 Å². The molecule has 1 heterocycles. The van der Waals surface area contributed by atoms with Crippen LogP contribution in [0.4, 0.5) is 5.69 Å². The molecule has 202 valence electrons. The predicted octanol–water partition coefficient (Wildman–Crippen LogP) is 6.23. The van der Waals surface area contributed by atoms with E-state index in [2.05, 4.69) is 31.0 Å². The van der Waals surface area contributed by atoms with Gasteiger partial charge in [-0.25, -0.2) is 13.8 Å². The number of amides is 1. The molecule has 0 aliphatic heterocycles. The zero-order chi connectivity index (χ0) is 28.2. The zero-order valence-corrected chi connectivity index (χ0v) is 25.3. The smallest absolute Gasteiger partial charge is 0.264 e. The Morgan fingerprint density at radius 3 is 2.33 bits per heavy atom. The lowest BCUT2D eigenvalue weighted by molar-refractivity contribution is -0.119. The Balaban J connectivity index is 1.56. The zero-order valence-electron chi connectivity index (χ0n) is 22.1. The molecule has 1 amide bonds. The first kappa shape index (κ1) is 28.7. The van der Waals surface area contributed by atoms with Crippen LogP contribution in [0.2, 0.25) is 0 Å². The summed E-state index contributed by atoms with van der Waals surface area (Å²) in [5, 5.41) is 4.14. The number of para-hydroxylation sites is 1. The van der Waals surface area contributed by atoms with E-state index in [9.17, 15) is 13.2 Å². The van der Waals surface area contributed by atoms with Crippen molar-refractivity contribution in [2.24, 2.45) is 5.10 Å². The van der Waals surface area contributed by atoms with Crippen LogP contribution in [0.1, 0.15) is 22.5 Å². The highest BCUT2D eigenvalue weighted by Gasteiger charge is 2.27. The van der Waals surface area contributed by atoms with Crippen LogP contribution >= 0.6 is 27.7 Å². The highest BCUT2D eigenvalue weighted by molar-refractivity contribution is 9.10. The summed E-state index contributed by atoms with van der Waals surface area (Å²) in [7, 11) is -4.00. The number of carbonyl (C=O) groups excluding carboxylic acids is 1. The molecule has 0 spiro atoms. The molecule has 4 rings (SSSR count). The van der Waals surface area contributed by atoms with Crippen molar-refractivity contribution in [1.29, 1.82) is 0 Å². The Morgan fingerprint density at radius 2 is 1.69 bits per heavy atom. The lowest BCUT2D eigenvalue weighted by Crippen LogP contribution is -2.39. The molecule has 39 heavy (non-hydrogen) atoms. The molecule has 10 heteroatoms. The molecule has 0 unspecified atom stereocenters. The number of benzene rings is 3. The third kappa shape index (κ3) is 6.46. The van der Waals surface area contributed by atoms with E-state index in [1.807, 2.05) is 69.5 Å². The minimum atomic E-state index is -4.00. The summed E-state index contributed by atoms with van der Waals surface area (Å²) < 4.78 is 31.3. The van der Waals surface area contributed by atoms with Gasteiger partial charge in [-0.3, -0.25) is 9.10 Å². The summed E-state index contributed by atoms with van der Waals surface area (Å²) in [6.07, 6.45) is 3.49. The van der Waals surface area contributed by atoms with Crippen LogP contribution in [0.15, 0.2) is 98.2 Å². The second kappa shape index (κ2) is 12.2. The minimum Gasteiger partial charge on any atom is -0.317 e. The standard InChI is InChI=1S/C29H29BrN4O3S2/c1-20-9-11-24(12-10-20)33(39(36,37)26-15-13-25(38-4)14-16-26)19-29(35)32-31-18-23-17-21(2)34(22(23)3)28-8-6-5-7-27(28)30/h5-18H,19H2,1-4H3,(H,32,35)/b31-18-. The molecular formula is C29H29BrN4O3S2. The Labute approximate surface area is 242 Å². The number of aromatic nitrogens is 1. The summed E-state index contributed by atoms with van der Waals surface area (Å²) in [6, 6.07) is 23.5. The number of anilines is 1. The lowest BCUT2D eigenvalue weighted by atomic mass is 10.2. The number of hydrogen-bond donors (Lipinski definition) is 1. The highest BCUT2D eigenvalue weighted by atomic mass is 79.9. The number of sulfonamides is 1. The predicted molar refractivity (Wildman–Crippen MR) is 163 cm³/mol. The molecule has 3 aromatic carbocycles. The van der Waals surface area contributed by atoms with Crippen molar-refractivity contribution in [1.82, 2.24) is 9.99 Å². The summed E-state index contributed by atoms with van der Waals surface area (Å²) in [5.74, 6) is -0.559. The number of thioether (sulfide) groups is 1. The number of nitrogens with one attached hydrogen (secondary N) is 1. The highest BCUT2D eigenvalue weighted by Crippen LogP contribution is 2.27. The second-order valence-electron chi connectivity index (χ2n) is 8.93. The van der Waals surface area contributed by atoms with E-state index in [1.54, 1.807) is 42.6 Å². The van der Waals surface area contributed by atoms with Crippen molar-refractivity contribution in [2.75, 3.05) is 17.1 Å². The topological polar surface area (TPSA) is 83.8 Å². The number of rotatable bonds is 9. The summed E-state index contributed by atoms with van der Waals surface area (Å²) in [5.41, 5.74) is 7.67. The van der Waals surface area contributed by atoms with Crippen LogP contribution in [-0.4, -0.2) is 37.9 Å². The first-order valence-electron chi connectivity index (χ1n) is 12.1. The van der Waals surface area contributed by atoms with Gasteiger partial charge in [-0.2, -0.15) is 5.10 Å². The Morgan fingerprint density at radius 1 is 1.03 bits per heavy atom. The van der Waals surface area contributed by atoms with E-state index >= 15 is 0 Å². The number of nitrogens with zero attached hydrogens (tertiary/aromatic N) is 3. The van der Waals surface area contributed by atoms with Crippen molar-refractivity contribution in [3.05, 3.63) is 106 Å². The molecule has 0 bridgehead atoms. The fraction of sp³-hybridized carbons (Fsp3) is 0.172. The summed E-state index contributed by atoms with van der Waals surface area (Å²) in [6.45, 7) is 5.46. The van der Waals surface area contributed by atoms with E-state index in [4.69, 9.17) is 0 Å². The van der Waals surface area contributed by atoms with Crippen LogP contribution in [0, 0.1) is 20.8 Å². The van der Waals surface area contributed by atoms with Crippen molar-refractivity contribution in [3.63, 3.8) is 0 Å². The number of hydrogen-bond acceptors (Lipinski definition) is 5. The van der Waals surface area contributed by atoms with Gasteiger partial charge >= 0.3 is 0 Å². The maximum Gasteiger partial charge on any atom is 0.264 e. The Bertz CT molecular complexity index is 1610. The summed E-state index contributed by atoms with van der Waals surface area (Å²) >= 11 is 5.12. The first-order chi connectivity index (χ1) is 18.6. The third-order valence-electron chi connectivity index (χ3n) is 6.21. The van der Waals surface area contributed by atoms with Gasteiger partial charge in [0.15, 0.2) is 0 Å². The van der Waals surface area contributed by atoms with Gasteiger partial charge in [-0.05, 0) is 97.6 Å². The van der Waals surface area contributed by atoms with Gasteiger partial charge in [-0.15, -0.1) is 11.8 Å². The van der Waals surface area contributed by atoms with E-state index in [1.165, 1.54) is 11.8 Å². The number of aryl methyl sites for hydroxylation is 2. The fourth-order valence-electron chi connectivity index (χ4n) is 4.16. The van der Waals surface area contributed by atoms with Crippen LogP contribution in [0.25, 0.3) is 5.69 Å². The van der Waals surface area contributed by atoms with Crippen molar-refractivity contribution >= 4 is 55.5 Å². The van der Waals surface area contributed by atoms with Gasteiger partial charge in [0.1, 0.15) is 6.54 Å². The molecule has 0 aliphatic rings. The molecule has 0 aliphatic carbocycles. The average Bonchev–Trinajstić information content (AvgIpc) is 3.20. The van der Waals surface area contributed by atoms with E-state index in [0.717, 1.165) is 41.9 Å². The molecule has 0 atom stereocenters. The van der Waals surface area contributed by atoms with E-state index in [0.29, 0.717) is 5.69 Å². The molecule has 0 saturated carbocycles. The number of halogens is 1. The van der Waals surface area contributed by atoms with Crippen LogP contribution in [-0.2, 0) is 14.8 Å². The Kier molecular flexibility index (Phi) is 8.99. The second-order valence-corrected chi connectivity index (χ2v) is 12.5. The molecule has 1 N–H and O–H groups in total. The van der Waals surface area contributed by atoms with Gasteiger partial charge in [0, 0.05) is 26.3 Å². The third-order valence-corrected chi connectivity index (χ3v) is 9.42. The number of hydrazone groups is 1. The maximum absolute atomic E-state index is 13.6. The van der Waals surface area contributed by atoms with Crippen LogP contribution in [0.3, 0.4) is 0 Å². The van der Waals surface area contributed by atoms with Crippen molar-refractivity contribution in [3.8, 4) is 5.69 Å². The van der Waals surface area contributed by atoms with Gasteiger partial charge in [0.05, 0.1) is 22.5 Å². The SMILES string of the molecule is CSc1ccc(S(=O)(=O)N(CC(=O)N/N=C\c2cc(C)n(-c3ccccc3Br)c2C)c2ccc(C)cc2)cc1. The molecule has 7 nitrogen and oxygen atoms in total. The fourth-order valence-corrected chi connectivity index (χ4v) is 6.45. The maximum atomic E-state index is 13.6. The first-order valence-corrected chi connectivity index (χ1v) is 15.6. The van der Waals surface area contributed by atoms with Crippen molar-refractivity contribution < 1.29 is 13.2 Å². The lowest BCUT2D eigenvalue weighted by Gasteiger charge is -2.24. The number of carbonyl (C=O) groups is 1. The monoisotopic (exact) mass is 624 g/mol. The molecule has 1 aromatic heterocycles. The normalized spacial score (nSPS) is 11.6. The van der Waals surface area contributed by atoms with Crippen LogP contribution < -0.4 is 9.73 Å². The van der Waals surface area contributed by atoms with Crippen molar-refractivity contribution in [2.45, 2.75) is 30.6 Å². The minimum absolute atomic E-state index is 0.108. The quantitative estimate of drug-likeness (QED) is 0.136. The van der Waals surface area contributed by atoms with E-state index in [-0.39, 0.29) is 4.90 Å². The van der Waals surface area contributed by atoms with Crippen LogP contribution in [0.5, 0.6) is 0 Å². The molecular weight excluding hydrogens is 596 g/mol. The summed E-state index contributed by atoms with van der Waals surface area (Å²) in [4.78, 5) is 14.0. The van der Waals surface area contributed by atoms with Gasteiger partial charge < -0.3 is 4.57 Å². The van der Waals surface area contributed by atoms with E-state index < -0.39 is 22.5 Å². The largest absolute Gasteiger partial charge is 0.317 e. The molecule has 4 aromatic rings. The molecule has 0 radical (unpaired) electrons. The molecule has 0 fully saturated rings. The average molecular weight is 626 g/mol.